The number of benzene rings is 3. The molecule has 128 valence electrons. The zero-order valence-corrected chi connectivity index (χ0v) is 14.3. The van der Waals surface area contributed by atoms with Crippen LogP contribution < -0.4 is 14.2 Å². The Balaban J connectivity index is 1.65. The molecule has 0 saturated heterocycles. The predicted octanol–water partition coefficient (Wildman–Crippen LogP) is 3.80. The van der Waals surface area contributed by atoms with Gasteiger partial charge in [0.15, 0.2) is 11.5 Å². The Morgan fingerprint density at radius 3 is 2.40 bits per heavy atom. The Morgan fingerprint density at radius 1 is 0.800 bits per heavy atom. The summed E-state index contributed by atoms with van der Waals surface area (Å²) in [4.78, 5) is 0.221. The minimum Gasteiger partial charge on any atom is -0.490 e. The number of nitrogens with one attached hydrogen (secondary N) is 1. The lowest BCUT2D eigenvalue weighted by Crippen LogP contribution is -2.13. The molecule has 1 N–H and O–H groups in total. The molecule has 0 unspecified atom stereocenters. The summed E-state index contributed by atoms with van der Waals surface area (Å²) in [6, 6.07) is 17.8. The summed E-state index contributed by atoms with van der Waals surface area (Å²) in [5.74, 6) is 1.18. The number of rotatable bonds is 3. The van der Waals surface area contributed by atoms with E-state index in [-0.39, 0.29) is 4.90 Å². The second kappa shape index (κ2) is 6.29. The highest BCUT2D eigenvalue weighted by atomic mass is 32.2. The number of fused-ring (bicyclic) bond motifs is 2. The number of anilines is 1. The molecule has 0 aromatic heterocycles. The van der Waals surface area contributed by atoms with Crippen molar-refractivity contribution >= 4 is 26.5 Å². The average molecular weight is 355 g/mol. The zero-order chi connectivity index (χ0) is 17.3. The van der Waals surface area contributed by atoms with Gasteiger partial charge in [-0.2, -0.15) is 0 Å². The molecule has 3 aromatic rings. The minimum atomic E-state index is -3.69. The molecule has 0 fully saturated rings. The van der Waals surface area contributed by atoms with Gasteiger partial charge in [0, 0.05) is 12.5 Å². The number of hydrogen-bond donors (Lipinski definition) is 1. The van der Waals surface area contributed by atoms with Crippen molar-refractivity contribution in [3.05, 3.63) is 60.7 Å². The van der Waals surface area contributed by atoms with Gasteiger partial charge in [-0.05, 0) is 35.0 Å². The first kappa shape index (κ1) is 15.8. The van der Waals surface area contributed by atoms with Gasteiger partial charge in [-0.15, -0.1) is 0 Å². The lowest BCUT2D eigenvalue weighted by atomic mass is 10.1. The summed E-state index contributed by atoms with van der Waals surface area (Å²) < 4.78 is 39.2. The van der Waals surface area contributed by atoms with Crippen LogP contribution in [0.5, 0.6) is 11.5 Å². The number of sulfonamides is 1. The highest BCUT2D eigenvalue weighted by Gasteiger charge is 2.17. The van der Waals surface area contributed by atoms with Gasteiger partial charge in [0.25, 0.3) is 10.0 Å². The van der Waals surface area contributed by atoms with Gasteiger partial charge in [-0.1, -0.05) is 30.3 Å². The molecule has 0 atom stereocenters. The molecule has 0 aliphatic carbocycles. The molecule has 6 heteroatoms. The Kier molecular flexibility index (Phi) is 3.97. The van der Waals surface area contributed by atoms with Crippen LogP contribution in [0.1, 0.15) is 6.42 Å². The van der Waals surface area contributed by atoms with Gasteiger partial charge in [-0.3, -0.25) is 4.72 Å². The van der Waals surface area contributed by atoms with Gasteiger partial charge < -0.3 is 9.47 Å². The molecular formula is C19H17NO4S. The van der Waals surface area contributed by atoms with Crippen LogP contribution in [0.15, 0.2) is 65.6 Å². The summed E-state index contributed by atoms with van der Waals surface area (Å²) in [5.41, 5.74) is 0.442. The fraction of sp³-hybridized carbons (Fsp3) is 0.158. The second-order valence-electron chi connectivity index (χ2n) is 5.83. The van der Waals surface area contributed by atoms with Crippen molar-refractivity contribution in [2.75, 3.05) is 17.9 Å². The van der Waals surface area contributed by atoms with Crippen LogP contribution in [0.4, 0.5) is 5.69 Å². The molecule has 0 bridgehead atoms. The van der Waals surface area contributed by atoms with E-state index in [1.54, 1.807) is 36.4 Å². The van der Waals surface area contributed by atoms with Crippen LogP contribution in [0.2, 0.25) is 0 Å². The highest BCUT2D eigenvalue weighted by molar-refractivity contribution is 7.92. The molecule has 0 saturated carbocycles. The van der Waals surface area contributed by atoms with E-state index in [1.165, 1.54) is 0 Å². The predicted molar refractivity (Wildman–Crippen MR) is 96.8 cm³/mol. The SMILES string of the molecule is O=S(=O)(Nc1ccc2c(c1)OCCCO2)c1ccc2ccccc2c1. The third-order valence-corrected chi connectivity index (χ3v) is 5.41. The molecule has 0 spiro atoms. The van der Waals surface area contributed by atoms with E-state index >= 15 is 0 Å². The van der Waals surface area contributed by atoms with Gasteiger partial charge in [-0.25, -0.2) is 8.42 Å². The van der Waals surface area contributed by atoms with E-state index in [1.807, 2.05) is 24.3 Å². The maximum absolute atomic E-state index is 12.7. The topological polar surface area (TPSA) is 64.6 Å². The largest absolute Gasteiger partial charge is 0.490 e. The average Bonchev–Trinajstić information content (AvgIpc) is 2.86. The lowest BCUT2D eigenvalue weighted by Gasteiger charge is -2.12. The Bertz CT molecular complexity index is 1030. The summed E-state index contributed by atoms with van der Waals surface area (Å²) in [6.45, 7) is 1.14. The normalized spacial score (nSPS) is 14.1. The lowest BCUT2D eigenvalue weighted by molar-refractivity contribution is 0.297. The third kappa shape index (κ3) is 3.25. The van der Waals surface area contributed by atoms with Gasteiger partial charge in [0.2, 0.25) is 0 Å². The van der Waals surface area contributed by atoms with Crippen LogP contribution in [0.3, 0.4) is 0 Å². The second-order valence-corrected chi connectivity index (χ2v) is 7.51. The van der Waals surface area contributed by atoms with E-state index in [0.717, 1.165) is 17.2 Å². The van der Waals surface area contributed by atoms with Crippen LogP contribution in [0, 0.1) is 0 Å². The van der Waals surface area contributed by atoms with E-state index < -0.39 is 10.0 Å². The molecule has 1 aliphatic rings. The molecule has 25 heavy (non-hydrogen) atoms. The molecule has 0 radical (unpaired) electrons. The Hall–Kier alpha value is -2.73. The van der Waals surface area contributed by atoms with E-state index in [0.29, 0.717) is 30.4 Å². The highest BCUT2D eigenvalue weighted by Crippen LogP contribution is 2.33. The summed E-state index contributed by atoms with van der Waals surface area (Å²) in [7, 11) is -3.69. The van der Waals surface area contributed by atoms with Crippen LogP contribution in [0.25, 0.3) is 10.8 Å². The van der Waals surface area contributed by atoms with Crippen molar-refractivity contribution in [3.63, 3.8) is 0 Å². The molecule has 1 aliphatic heterocycles. The molecule has 0 amide bonds. The van der Waals surface area contributed by atoms with Crippen molar-refractivity contribution < 1.29 is 17.9 Å². The smallest absolute Gasteiger partial charge is 0.261 e. The zero-order valence-electron chi connectivity index (χ0n) is 13.4. The van der Waals surface area contributed by atoms with Crippen LogP contribution >= 0.6 is 0 Å². The Labute approximate surface area is 146 Å². The van der Waals surface area contributed by atoms with Gasteiger partial charge >= 0.3 is 0 Å². The van der Waals surface area contributed by atoms with E-state index in [9.17, 15) is 8.42 Å². The first-order valence-corrected chi connectivity index (χ1v) is 9.51. The maximum Gasteiger partial charge on any atom is 0.261 e. The quantitative estimate of drug-likeness (QED) is 0.776. The van der Waals surface area contributed by atoms with E-state index in [2.05, 4.69) is 4.72 Å². The van der Waals surface area contributed by atoms with Gasteiger partial charge in [0.1, 0.15) is 0 Å². The van der Waals surface area contributed by atoms with E-state index in [4.69, 9.17) is 9.47 Å². The fourth-order valence-corrected chi connectivity index (χ4v) is 3.86. The summed E-state index contributed by atoms with van der Waals surface area (Å²) in [5, 5.41) is 1.88. The number of hydrogen-bond acceptors (Lipinski definition) is 4. The third-order valence-electron chi connectivity index (χ3n) is 4.03. The minimum absolute atomic E-state index is 0.221. The number of ether oxygens (including phenoxy) is 2. The van der Waals surface area contributed by atoms with Crippen molar-refractivity contribution in [2.45, 2.75) is 11.3 Å². The standard InChI is InChI=1S/C19H17NO4S/c21-25(22,17-8-6-14-4-1-2-5-15(14)12-17)20-16-7-9-18-19(13-16)24-11-3-10-23-18/h1-2,4-9,12-13,20H,3,10-11H2. The summed E-state index contributed by atoms with van der Waals surface area (Å²) in [6.07, 6.45) is 0.798. The molecule has 4 rings (SSSR count). The monoisotopic (exact) mass is 355 g/mol. The van der Waals surface area contributed by atoms with Crippen molar-refractivity contribution in [1.82, 2.24) is 0 Å². The van der Waals surface area contributed by atoms with Gasteiger partial charge in [0.05, 0.1) is 23.8 Å². The van der Waals surface area contributed by atoms with Crippen LogP contribution in [-0.2, 0) is 10.0 Å². The first-order valence-electron chi connectivity index (χ1n) is 8.03. The first-order chi connectivity index (χ1) is 12.1. The van der Waals surface area contributed by atoms with Crippen LogP contribution in [-0.4, -0.2) is 21.6 Å². The summed E-state index contributed by atoms with van der Waals surface area (Å²) >= 11 is 0. The van der Waals surface area contributed by atoms with Crippen molar-refractivity contribution in [3.8, 4) is 11.5 Å². The molecule has 3 aromatic carbocycles. The fourth-order valence-electron chi connectivity index (χ4n) is 2.78. The molecule has 1 heterocycles. The van der Waals surface area contributed by atoms with Crippen molar-refractivity contribution in [2.24, 2.45) is 0 Å². The molecule has 5 nitrogen and oxygen atoms in total. The van der Waals surface area contributed by atoms with Crippen molar-refractivity contribution in [1.29, 1.82) is 0 Å². The maximum atomic E-state index is 12.7. The Morgan fingerprint density at radius 2 is 1.56 bits per heavy atom. The molecular weight excluding hydrogens is 338 g/mol.